The lowest BCUT2D eigenvalue weighted by Gasteiger charge is -2.35. The van der Waals surface area contributed by atoms with Gasteiger partial charge in [-0.05, 0) is 6.42 Å². The largest absolute Gasteiger partial charge is 0.447 e. The number of aromatic nitrogens is 3. The van der Waals surface area contributed by atoms with Gasteiger partial charge in [0.15, 0.2) is 0 Å². The molecule has 0 saturated carbocycles. The molecule has 2 aliphatic rings. The highest BCUT2D eigenvalue weighted by Crippen LogP contribution is 2.18. The fourth-order valence-corrected chi connectivity index (χ4v) is 2.61. The van der Waals surface area contributed by atoms with Gasteiger partial charge in [-0.25, -0.2) is 9.78 Å². The van der Waals surface area contributed by atoms with Crippen molar-refractivity contribution in [3.63, 3.8) is 0 Å². The molecule has 8 heteroatoms. The van der Waals surface area contributed by atoms with Crippen LogP contribution in [0.4, 0.5) is 4.79 Å². The molecule has 3 heterocycles. The Morgan fingerprint density at radius 2 is 2.35 bits per heavy atom. The van der Waals surface area contributed by atoms with Crippen molar-refractivity contribution in [2.75, 3.05) is 26.2 Å². The van der Waals surface area contributed by atoms with Gasteiger partial charge >= 0.3 is 6.09 Å². The third kappa shape index (κ3) is 2.59. The van der Waals surface area contributed by atoms with Crippen LogP contribution in [-0.4, -0.2) is 68.8 Å². The van der Waals surface area contributed by atoms with Crippen LogP contribution in [0.25, 0.3) is 0 Å². The van der Waals surface area contributed by atoms with Gasteiger partial charge in [-0.15, -0.1) is 0 Å². The molecule has 0 radical (unpaired) electrons. The molecule has 2 saturated heterocycles. The predicted octanol–water partition coefficient (Wildman–Crippen LogP) is -0.279. The number of piperazine rings is 1. The van der Waals surface area contributed by atoms with Crippen LogP contribution < -0.4 is 0 Å². The van der Waals surface area contributed by atoms with Gasteiger partial charge in [-0.1, -0.05) is 0 Å². The maximum absolute atomic E-state index is 12.1. The van der Waals surface area contributed by atoms with Gasteiger partial charge in [0.25, 0.3) is 0 Å². The van der Waals surface area contributed by atoms with Crippen molar-refractivity contribution < 1.29 is 14.3 Å². The summed E-state index contributed by atoms with van der Waals surface area (Å²) in [5.41, 5.74) is 0. The smallest absolute Gasteiger partial charge is 0.410 e. The summed E-state index contributed by atoms with van der Waals surface area (Å²) in [6, 6.07) is 0.0236. The lowest BCUT2D eigenvalue weighted by Crippen LogP contribution is -2.53. The molecule has 8 nitrogen and oxygen atoms in total. The van der Waals surface area contributed by atoms with E-state index in [0.29, 0.717) is 39.2 Å². The summed E-state index contributed by atoms with van der Waals surface area (Å²) in [6.45, 7) is 2.82. The molecule has 0 spiro atoms. The van der Waals surface area contributed by atoms with E-state index in [-0.39, 0.29) is 18.0 Å². The summed E-state index contributed by atoms with van der Waals surface area (Å²) in [6.07, 6.45) is 4.10. The molecule has 0 bridgehead atoms. The van der Waals surface area contributed by atoms with Crippen molar-refractivity contribution in [2.24, 2.45) is 0 Å². The summed E-state index contributed by atoms with van der Waals surface area (Å²) >= 11 is 0. The maximum atomic E-state index is 12.1. The predicted molar refractivity (Wildman–Crippen MR) is 67.7 cm³/mol. The Balaban J connectivity index is 1.45. The van der Waals surface area contributed by atoms with E-state index < -0.39 is 0 Å². The van der Waals surface area contributed by atoms with Crippen LogP contribution in [0.5, 0.6) is 0 Å². The van der Waals surface area contributed by atoms with Crippen molar-refractivity contribution in [3.05, 3.63) is 12.7 Å². The summed E-state index contributed by atoms with van der Waals surface area (Å²) < 4.78 is 6.71. The van der Waals surface area contributed by atoms with Crippen LogP contribution in [-0.2, 0) is 16.1 Å². The number of nitrogens with zero attached hydrogens (tertiary/aromatic N) is 5. The minimum atomic E-state index is -0.256. The van der Waals surface area contributed by atoms with E-state index in [1.54, 1.807) is 15.9 Å². The number of hydrogen-bond donors (Lipinski definition) is 0. The molecule has 0 aromatic carbocycles. The van der Waals surface area contributed by atoms with E-state index in [0.717, 1.165) is 6.42 Å². The van der Waals surface area contributed by atoms with Crippen LogP contribution in [0, 0.1) is 0 Å². The van der Waals surface area contributed by atoms with Gasteiger partial charge < -0.3 is 9.64 Å². The third-order valence-corrected chi connectivity index (χ3v) is 3.71. The number of fused-ring (bicyclic) bond motifs is 1. The molecule has 1 atom stereocenters. The molecule has 2 fully saturated rings. The standard InChI is InChI=1S/C12H17N5O3/c18-11(2-1-3-16-9-13-8-14-16)15-4-5-17-10(6-15)7-20-12(17)19/h8-10H,1-7H2. The lowest BCUT2D eigenvalue weighted by molar-refractivity contribution is -0.133. The second kappa shape index (κ2) is 5.48. The SMILES string of the molecule is O=C(CCCn1cncn1)N1CCN2C(=O)OCC2C1. The van der Waals surface area contributed by atoms with Gasteiger partial charge in [-0.2, -0.15) is 5.10 Å². The number of carbonyl (C=O) groups is 2. The van der Waals surface area contributed by atoms with Crippen LogP contribution in [0.3, 0.4) is 0 Å². The first kappa shape index (κ1) is 12.9. The van der Waals surface area contributed by atoms with E-state index in [2.05, 4.69) is 10.1 Å². The van der Waals surface area contributed by atoms with E-state index in [4.69, 9.17) is 4.74 Å². The number of ether oxygens (including phenoxy) is 1. The van der Waals surface area contributed by atoms with E-state index in [9.17, 15) is 9.59 Å². The zero-order valence-corrected chi connectivity index (χ0v) is 11.1. The molecular weight excluding hydrogens is 262 g/mol. The minimum absolute atomic E-state index is 0.0236. The molecule has 1 aromatic rings. The van der Waals surface area contributed by atoms with Gasteiger partial charge in [-0.3, -0.25) is 14.4 Å². The number of carbonyl (C=O) groups excluding carboxylic acids is 2. The number of cyclic esters (lactones) is 1. The first-order chi connectivity index (χ1) is 9.74. The number of amides is 2. The minimum Gasteiger partial charge on any atom is -0.447 e. The Labute approximate surface area is 116 Å². The molecule has 2 amide bonds. The normalized spacial score (nSPS) is 21.8. The van der Waals surface area contributed by atoms with Gasteiger partial charge in [0, 0.05) is 32.6 Å². The van der Waals surface area contributed by atoms with Gasteiger partial charge in [0.2, 0.25) is 5.91 Å². The number of aryl methyl sites for hydroxylation is 1. The van der Waals surface area contributed by atoms with Crippen molar-refractivity contribution in [3.8, 4) is 0 Å². The fraction of sp³-hybridized carbons (Fsp3) is 0.667. The van der Waals surface area contributed by atoms with Gasteiger partial charge in [0.1, 0.15) is 19.3 Å². The molecule has 108 valence electrons. The highest BCUT2D eigenvalue weighted by atomic mass is 16.6. The molecule has 3 rings (SSSR count). The zero-order valence-electron chi connectivity index (χ0n) is 11.1. The average Bonchev–Trinajstić information content (AvgIpc) is 3.09. The van der Waals surface area contributed by atoms with Crippen LogP contribution in [0.1, 0.15) is 12.8 Å². The van der Waals surface area contributed by atoms with E-state index in [1.807, 2.05) is 4.90 Å². The summed E-state index contributed by atoms with van der Waals surface area (Å²) in [5.74, 6) is 0.129. The Bertz CT molecular complexity index is 489. The number of rotatable bonds is 4. The van der Waals surface area contributed by atoms with Crippen molar-refractivity contribution >= 4 is 12.0 Å². The zero-order chi connectivity index (χ0) is 13.9. The average molecular weight is 279 g/mol. The molecule has 2 aliphatic heterocycles. The van der Waals surface area contributed by atoms with Crippen LogP contribution in [0.2, 0.25) is 0 Å². The van der Waals surface area contributed by atoms with Crippen molar-refractivity contribution in [2.45, 2.75) is 25.4 Å². The van der Waals surface area contributed by atoms with E-state index >= 15 is 0 Å². The topological polar surface area (TPSA) is 80.6 Å². The first-order valence-electron chi connectivity index (χ1n) is 6.77. The quantitative estimate of drug-likeness (QED) is 0.757. The Morgan fingerprint density at radius 1 is 1.45 bits per heavy atom. The summed E-state index contributed by atoms with van der Waals surface area (Å²) in [5, 5.41) is 4.00. The first-order valence-corrected chi connectivity index (χ1v) is 6.77. The summed E-state index contributed by atoms with van der Waals surface area (Å²) in [4.78, 5) is 30.9. The third-order valence-electron chi connectivity index (χ3n) is 3.71. The Morgan fingerprint density at radius 3 is 3.15 bits per heavy atom. The molecule has 20 heavy (non-hydrogen) atoms. The Kier molecular flexibility index (Phi) is 3.53. The lowest BCUT2D eigenvalue weighted by atomic mass is 10.1. The monoisotopic (exact) mass is 279 g/mol. The number of hydrogen-bond acceptors (Lipinski definition) is 5. The molecule has 1 aromatic heterocycles. The summed E-state index contributed by atoms with van der Waals surface area (Å²) in [7, 11) is 0. The van der Waals surface area contributed by atoms with Crippen LogP contribution >= 0.6 is 0 Å². The van der Waals surface area contributed by atoms with Crippen LogP contribution in [0.15, 0.2) is 12.7 Å². The molecule has 0 aliphatic carbocycles. The van der Waals surface area contributed by atoms with Gasteiger partial charge in [0.05, 0.1) is 6.04 Å². The second-order valence-electron chi connectivity index (χ2n) is 5.03. The molecule has 1 unspecified atom stereocenters. The van der Waals surface area contributed by atoms with Crippen molar-refractivity contribution in [1.29, 1.82) is 0 Å². The van der Waals surface area contributed by atoms with E-state index in [1.165, 1.54) is 6.33 Å². The molecule has 0 N–H and O–H groups in total. The fourth-order valence-electron chi connectivity index (χ4n) is 2.61. The highest BCUT2D eigenvalue weighted by Gasteiger charge is 2.38. The Hall–Kier alpha value is -2.12. The second-order valence-corrected chi connectivity index (χ2v) is 5.03. The highest BCUT2D eigenvalue weighted by molar-refractivity contribution is 5.77. The van der Waals surface area contributed by atoms with Crippen molar-refractivity contribution in [1.82, 2.24) is 24.6 Å². The molecular formula is C12H17N5O3. The maximum Gasteiger partial charge on any atom is 0.410 e.